The highest BCUT2D eigenvalue weighted by molar-refractivity contribution is 6.35. The summed E-state index contributed by atoms with van der Waals surface area (Å²) >= 11 is 11.3. The first-order valence-corrected chi connectivity index (χ1v) is 7.48. The standard InChI is InChI=1S/C14H6Cl2F3N3O5/c15-8-2-1-7(14(17,18)19)5-9(8)20-13(23)6-3-10(21(24)25)12(16)11(4-6)22(26)27/h1-5H,(H,20,23). The van der Waals surface area contributed by atoms with Crippen LogP contribution in [0.5, 0.6) is 0 Å². The quantitative estimate of drug-likeness (QED) is 0.543. The van der Waals surface area contributed by atoms with Gasteiger partial charge in [0.2, 0.25) is 0 Å². The number of hydrogen-bond acceptors (Lipinski definition) is 5. The molecular formula is C14H6Cl2F3N3O5. The Balaban J connectivity index is 2.48. The molecule has 0 heterocycles. The summed E-state index contributed by atoms with van der Waals surface area (Å²) in [6.07, 6.45) is -4.71. The summed E-state index contributed by atoms with van der Waals surface area (Å²) in [5.74, 6) is -1.15. The number of nitro groups is 2. The summed E-state index contributed by atoms with van der Waals surface area (Å²) < 4.78 is 38.3. The Kier molecular flexibility index (Phi) is 5.56. The molecule has 0 aromatic heterocycles. The molecule has 0 unspecified atom stereocenters. The van der Waals surface area contributed by atoms with Gasteiger partial charge < -0.3 is 5.32 Å². The molecule has 0 saturated heterocycles. The predicted molar refractivity (Wildman–Crippen MR) is 89.2 cm³/mol. The second kappa shape index (κ2) is 7.37. The lowest BCUT2D eigenvalue weighted by Gasteiger charge is -2.12. The van der Waals surface area contributed by atoms with Crippen molar-refractivity contribution in [2.45, 2.75) is 6.18 Å². The summed E-state index contributed by atoms with van der Waals surface area (Å²) in [6.45, 7) is 0. The van der Waals surface area contributed by atoms with E-state index in [4.69, 9.17) is 23.2 Å². The van der Waals surface area contributed by atoms with Gasteiger partial charge in [-0.05, 0) is 18.2 Å². The van der Waals surface area contributed by atoms with Crippen molar-refractivity contribution in [3.63, 3.8) is 0 Å². The van der Waals surface area contributed by atoms with E-state index < -0.39 is 55.1 Å². The van der Waals surface area contributed by atoms with Gasteiger partial charge in [-0.2, -0.15) is 13.2 Å². The minimum absolute atomic E-state index is 0.241. The molecular weight excluding hydrogens is 418 g/mol. The van der Waals surface area contributed by atoms with Crippen molar-refractivity contribution in [1.82, 2.24) is 0 Å². The molecule has 13 heteroatoms. The van der Waals surface area contributed by atoms with E-state index in [9.17, 15) is 38.2 Å². The van der Waals surface area contributed by atoms with Crippen LogP contribution in [0.2, 0.25) is 10.0 Å². The summed E-state index contributed by atoms with van der Waals surface area (Å²) in [5.41, 5.74) is -3.92. The van der Waals surface area contributed by atoms with Crippen LogP contribution >= 0.6 is 23.2 Å². The number of nitro benzene ring substituents is 2. The topological polar surface area (TPSA) is 115 Å². The van der Waals surface area contributed by atoms with Gasteiger partial charge in [0, 0.05) is 12.1 Å². The van der Waals surface area contributed by atoms with Crippen molar-refractivity contribution < 1.29 is 27.8 Å². The lowest BCUT2D eigenvalue weighted by Crippen LogP contribution is -2.14. The zero-order chi connectivity index (χ0) is 20.5. The highest BCUT2D eigenvalue weighted by Gasteiger charge is 2.31. The van der Waals surface area contributed by atoms with E-state index in [0.717, 1.165) is 6.07 Å². The number of amides is 1. The Labute approximate surface area is 157 Å². The fourth-order valence-corrected chi connectivity index (χ4v) is 2.39. The largest absolute Gasteiger partial charge is 0.416 e. The van der Waals surface area contributed by atoms with Gasteiger partial charge in [-0.1, -0.05) is 23.2 Å². The van der Waals surface area contributed by atoms with Gasteiger partial charge >= 0.3 is 6.18 Å². The van der Waals surface area contributed by atoms with E-state index in [2.05, 4.69) is 0 Å². The van der Waals surface area contributed by atoms with E-state index in [-0.39, 0.29) is 5.02 Å². The number of alkyl halides is 3. The third-order valence-corrected chi connectivity index (χ3v) is 3.95. The molecule has 1 amide bonds. The lowest BCUT2D eigenvalue weighted by molar-refractivity contribution is -0.393. The molecule has 0 atom stereocenters. The van der Waals surface area contributed by atoms with Crippen LogP contribution in [0.4, 0.5) is 30.2 Å². The van der Waals surface area contributed by atoms with Crippen molar-refractivity contribution in [3.05, 3.63) is 71.7 Å². The fourth-order valence-electron chi connectivity index (χ4n) is 1.98. The number of hydrogen-bond donors (Lipinski definition) is 1. The molecule has 0 fully saturated rings. The van der Waals surface area contributed by atoms with Crippen LogP contribution in [0.15, 0.2) is 30.3 Å². The summed E-state index contributed by atoms with van der Waals surface area (Å²) in [6, 6.07) is 3.46. The average molecular weight is 424 g/mol. The third-order valence-electron chi connectivity index (χ3n) is 3.23. The van der Waals surface area contributed by atoms with Crippen molar-refractivity contribution in [2.75, 3.05) is 5.32 Å². The lowest BCUT2D eigenvalue weighted by atomic mass is 10.1. The molecule has 0 aliphatic carbocycles. The molecule has 0 aliphatic rings. The third kappa shape index (κ3) is 4.44. The van der Waals surface area contributed by atoms with Gasteiger partial charge in [-0.25, -0.2) is 0 Å². The molecule has 8 nitrogen and oxygen atoms in total. The smallest absolute Gasteiger partial charge is 0.321 e. The molecule has 0 aliphatic heterocycles. The van der Waals surface area contributed by atoms with Crippen LogP contribution in [0.1, 0.15) is 15.9 Å². The number of nitrogens with one attached hydrogen (secondary N) is 1. The van der Waals surface area contributed by atoms with Crippen molar-refractivity contribution in [3.8, 4) is 0 Å². The number of halogens is 5. The zero-order valence-electron chi connectivity index (χ0n) is 12.7. The summed E-state index contributed by atoms with van der Waals surface area (Å²) in [7, 11) is 0. The Morgan fingerprint density at radius 3 is 1.96 bits per heavy atom. The number of rotatable bonds is 4. The van der Waals surface area contributed by atoms with Gasteiger partial charge in [0.05, 0.1) is 31.7 Å². The SMILES string of the molecule is O=C(Nc1cc(C(F)(F)F)ccc1Cl)c1cc([N+](=O)[O-])c(Cl)c([N+](=O)[O-])c1. The van der Waals surface area contributed by atoms with E-state index in [1.54, 1.807) is 0 Å². The Bertz CT molecular complexity index is 930. The molecule has 0 saturated carbocycles. The van der Waals surface area contributed by atoms with Crippen LogP contribution in [0.3, 0.4) is 0 Å². The van der Waals surface area contributed by atoms with Gasteiger partial charge in [0.15, 0.2) is 5.02 Å². The number of anilines is 1. The van der Waals surface area contributed by atoms with Crippen molar-refractivity contribution in [2.24, 2.45) is 0 Å². The number of nitrogens with zero attached hydrogens (tertiary/aromatic N) is 2. The molecule has 27 heavy (non-hydrogen) atoms. The number of benzene rings is 2. The van der Waals surface area contributed by atoms with E-state index >= 15 is 0 Å². The van der Waals surface area contributed by atoms with Crippen molar-refractivity contribution in [1.29, 1.82) is 0 Å². The minimum Gasteiger partial charge on any atom is -0.321 e. The summed E-state index contributed by atoms with van der Waals surface area (Å²) in [5, 5.41) is 22.9. The second-order valence-corrected chi connectivity index (χ2v) is 5.77. The Morgan fingerprint density at radius 2 is 1.52 bits per heavy atom. The molecule has 142 valence electrons. The highest BCUT2D eigenvalue weighted by atomic mass is 35.5. The first-order chi connectivity index (χ1) is 12.4. The van der Waals surface area contributed by atoms with Crippen molar-refractivity contribution >= 4 is 46.2 Å². The van der Waals surface area contributed by atoms with Gasteiger partial charge in [-0.3, -0.25) is 25.0 Å². The first-order valence-electron chi connectivity index (χ1n) is 6.72. The maximum absolute atomic E-state index is 12.8. The van der Waals surface area contributed by atoms with Crippen LogP contribution in [-0.2, 0) is 6.18 Å². The van der Waals surface area contributed by atoms with Gasteiger partial charge in [0.25, 0.3) is 17.3 Å². The number of carbonyl (C=O) groups is 1. The van der Waals surface area contributed by atoms with E-state index in [1.807, 2.05) is 5.32 Å². The molecule has 0 spiro atoms. The Hall–Kier alpha value is -2.92. The molecule has 1 N–H and O–H groups in total. The van der Waals surface area contributed by atoms with Crippen LogP contribution in [0.25, 0.3) is 0 Å². The first kappa shape index (κ1) is 20.4. The number of carbonyl (C=O) groups excluding carboxylic acids is 1. The van der Waals surface area contributed by atoms with Gasteiger partial charge in [-0.15, -0.1) is 0 Å². The molecule has 2 aromatic rings. The normalized spacial score (nSPS) is 11.1. The monoisotopic (exact) mass is 423 g/mol. The predicted octanol–water partition coefficient (Wildman–Crippen LogP) is 5.08. The maximum atomic E-state index is 12.8. The van der Waals surface area contributed by atoms with Crippen LogP contribution in [0, 0.1) is 20.2 Å². The van der Waals surface area contributed by atoms with E-state index in [0.29, 0.717) is 24.3 Å². The molecule has 0 bridgehead atoms. The fraction of sp³-hybridized carbons (Fsp3) is 0.0714. The maximum Gasteiger partial charge on any atom is 0.416 e. The van der Waals surface area contributed by atoms with Crippen LogP contribution < -0.4 is 5.32 Å². The van der Waals surface area contributed by atoms with E-state index in [1.165, 1.54) is 0 Å². The average Bonchev–Trinajstić information content (AvgIpc) is 2.55. The highest BCUT2D eigenvalue weighted by Crippen LogP contribution is 2.36. The molecule has 0 radical (unpaired) electrons. The minimum atomic E-state index is -4.71. The summed E-state index contributed by atoms with van der Waals surface area (Å²) in [4.78, 5) is 32.1. The Morgan fingerprint density at radius 1 is 1.00 bits per heavy atom. The zero-order valence-corrected chi connectivity index (χ0v) is 14.2. The molecule has 2 rings (SSSR count). The van der Waals surface area contributed by atoms with Gasteiger partial charge in [0.1, 0.15) is 0 Å². The molecule has 2 aromatic carbocycles. The second-order valence-electron chi connectivity index (χ2n) is 4.99. The van der Waals surface area contributed by atoms with Crippen LogP contribution in [-0.4, -0.2) is 15.8 Å².